The number of aliphatic hydroxyl groups excluding tert-OH is 1. The van der Waals surface area contributed by atoms with E-state index in [4.69, 9.17) is 0 Å². The van der Waals surface area contributed by atoms with Gasteiger partial charge in [0, 0.05) is 13.1 Å². The zero-order chi connectivity index (χ0) is 10.1. The molecule has 0 saturated carbocycles. The third-order valence-electron chi connectivity index (χ3n) is 2.38. The molecule has 1 atom stereocenters. The van der Waals surface area contributed by atoms with E-state index in [1.54, 1.807) is 0 Å². The Morgan fingerprint density at radius 2 is 1.43 bits per heavy atom. The summed E-state index contributed by atoms with van der Waals surface area (Å²) in [4.78, 5) is 2.20. The van der Waals surface area contributed by atoms with Gasteiger partial charge in [-0.25, -0.2) is 0 Å². The number of rotatable bonds is 8. The van der Waals surface area contributed by atoms with Crippen molar-refractivity contribution in [1.82, 2.24) is 4.90 Å². The van der Waals surface area contributed by atoms with Crippen molar-refractivity contribution in [1.29, 1.82) is 0 Å². The monoisotopic (exact) mass is 211 g/mol. The van der Waals surface area contributed by atoms with Crippen LogP contribution in [0.3, 0.4) is 0 Å². The van der Waals surface area contributed by atoms with Gasteiger partial charge in [0.2, 0.25) is 0 Å². The van der Waals surface area contributed by atoms with E-state index in [1.807, 2.05) is 6.92 Å². The van der Waals surface area contributed by atoms with Gasteiger partial charge in [-0.1, -0.05) is 33.6 Å². The summed E-state index contributed by atoms with van der Waals surface area (Å²) in [5.74, 6) is 0. The van der Waals surface area contributed by atoms with Crippen LogP contribution in [0.5, 0.6) is 0 Å². The molecule has 14 heavy (non-hydrogen) atoms. The van der Waals surface area contributed by atoms with Crippen molar-refractivity contribution in [3.05, 3.63) is 0 Å². The van der Waals surface area contributed by atoms with Gasteiger partial charge in [-0.3, -0.25) is 4.90 Å². The van der Waals surface area contributed by atoms with Gasteiger partial charge in [-0.05, 0) is 19.3 Å². The average molecular weight is 211 g/mol. The molecule has 1 unspecified atom stereocenters. The Hall–Kier alpha value is 0.920. The summed E-state index contributed by atoms with van der Waals surface area (Å²) in [6.45, 7) is 8.51. The van der Waals surface area contributed by atoms with Crippen LogP contribution < -0.4 is 0 Å². The SMILES string of the molecule is CCCCN(CCCC)C(O)CC.[NaH]. The van der Waals surface area contributed by atoms with E-state index in [9.17, 15) is 5.11 Å². The van der Waals surface area contributed by atoms with Gasteiger partial charge in [0.05, 0.1) is 0 Å². The van der Waals surface area contributed by atoms with Crippen LogP contribution in [0, 0.1) is 0 Å². The number of hydrogen-bond donors (Lipinski definition) is 1. The molecule has 1 N–H and O–H groups in total. The molecule has 0 rings (SSSR count). The van der Waals surface area contributed by atoms with Crippen LogP contribution in [-0.4, -0.2) is 58.9 Å². The molecule has 0 aromatic rings. The zero-order valence-corrected chi connectivity index (χ0v) is 9.42. The third kappa shape index (κ3) is 8.25. The molecule has 0 radical (unpaired) electrons. The third-order valence-corrected chi connectivity index (χ3v) is 2.38. The quantitative estimate of drug-likeness (QED) is 0.490. The van der Waals surface area contributed by atoms with Crippen molar-refractivity contribution in [3.63, 3.8) is 0 Å². The Labute approximate surface area is 111 Å². The molecule has 3 heteroatoms. The predicted molar refractivity (Wildman–Crippen MR) is 64.8 cm³/mol. The molecular weight excluding hydrogens is 185 g/mol. The average Bonchev–Trinajstić information content (AvgIpc) is 2.17. The molecule has 82 valence electrons. The van der Waals surface area contributed by atoms with Gasteiger partial charge in [-0.2, -0.15) is 0 Å². The summed E-state index contributed by atoms with van der Waals surface area (Å²) < 4.78 is 0. The summed E-state index contributed by atoms with van der Waals surface area (Å²) >= 11 is 0. The zero-order valence-electron chi connectivity index (χ0n) is 9.42. The van der Waals surface area contributed by atoms with E-state index in [-0.39, 0.29) is 35.8 Å². The summed E-state index contributed by atoms with van der Waals surface area (Å²) in [5, 5.41) is 9.70. The maximum absolute atomic E-state index is 9.70. The fourth-order valence-corrected chi connectivity index (χ4v) is 1.39. The Morgan fingerprint density at radius 3 is 1.71 bits per heavy atom. The van der Waals surface area contributed by atoms with Gasteiger partial charge in [0.1, 0.15) is 6.23 Å². The van der Waals surface area contributed by atoms with E-state index in [1.165, 1.54) is 25.7 Å². The van der Waals surface area contributed by atoms with Crippen molar-refractivity contribution in [3.8, 4) is 0 Å². The van der Waals surface area contributed by atoms with Crippen molar-refractivity contribution in [2.45, 2.75) is 59.1 Å². The maximum atomic E-state index is 9.70. The summed E-state index contributed by atoms with van der Waals surface area (Å²) in [6.07, 6.45) is 5.42. The summed E-state index contributed by atoms with van der Waals surface area (Å²) in [5.41, 5.74) is 0. The molecule has 0 aliphatic carbocycles. The normalized spacial score (nSPS) is 12.6. The first-order chi connectivity index (χ1) is 6.26. The second-order valence-corrected chi connectivity index (χ2v) is 3.63. The number of hydrogen-bond acceptors (Lipinski definition) is 2. The molecule has 0 aromatic carbocycles. The van der Waals surface area contributed by atoms with Gasteiger partial charge < -0.3 is 5.11 Å². The second-order valence-electron chi connectivity index (χ2n) is 3.63. The van der Waals surface area contributed by atoms with E-state index in [0.29, 0.717) is 0 Å². The van der Waals surface area contributed by atoms with Crippen LogP contribution in [0.4, 0.5) is 0 Å². The van der Waals surface area contributed by atoms with Gasteiger partial charge in [-0.15, -0.1) is 0 Å². The second kappa shape index (κ2) is 12.0. The molecule has 0 heterocycles. The van der Waals surface area contributed by atoms with E-state index in [2.05, 4.69) is 18.7 Å². The fraction of sp³-hybridized carbons (Fsp3) is 1.00. The number of nitrogens with zero attached hydrogens (tertiary/aromatic N) is 1. The van der Waals surface area contributed by atoms with E-state index in [0.717, 1.165) is 19.5 Å². The van der Waals surface area contributed by atoms with Crippen molar-refractivity contribution in [2.24, 2.45) is 0 Å². The molecule has 0 aliphatic rings. The van der Waals surface area contributed by atoms with Gasteiger partial charge >= 0.3 is 29.6 Å². The van der Waals surface area contributed by atoms with Crippen LogP contribution in [0.2, 0.25) is 0 Å². The number of unbranched alkanes of at least 4 members (excludes halogenated alkanes) is 2. The van der Waals surface area contributed by atoms with Crippen LogP contribution in [0.15, 0.2) is 0 Å². The summed E-state index contributed by atoms with van der Waals surface area (Å²) in [7, 11) is 0. The van der Waals surface area contributed by atoms with Crippen molar-refractivity contribution < 1.29 is 5.11 Å². The molecule has 0 aliphatic heterocycles. The van der Waals surface area contributed by atoms with Crippen LogP contribution >= 0.6 is 0 Å². The minimum absolute atomic E-state index is 0. The first-order valence-corrected chi connectivity index (χ1v) is 5.68. The molecule has 0 aromatic heterocycles. The van der Waals surface area contributed by atoms with E-state index >= 15 is 0 Å². The van der Waals surface area contributed by atoms with Gasteiger partial charge in [0.25, 0.3) is 0 Å². The van der Waals surface area contributed by atoms with E-state index < -0.39 is 0 Å². The first kappa shape index (κ1) is 17.3. The fourth-order valence-electron chi connectivity index (χ4n) is 1.39. The molecular formula is C11H26NNaO. The Kier molecular flexibility index (Phi) is 14.8. The van der Waals surface area contributed by atoms with Crippen LogP contribution in [-0.2, 0) is 0 Å². The topological polar surface area (TPSA) is 23.5 Å². The molecule has 0 saturated heterocycles. The molecule has 0 amide bonds. The minimum atomic E-state index is -0.224. The molecule has 0 spiro atoms. The van der Waals surface area contributed by atoms with Crippen LogP contribution in [0.1, 0.15) is 52.9 Å². The predicted octanol–water partition coefficient (Wildman–Crippen LogP) is 1.97. The Balaban J connectivity index is 0. The summed E-state index contributed by atoms with van der Waals surface area (Å²) in [6, 6.07) is 0. The van der Waals surface area contributed by atoms with Crippen molar-refractivity contribution in [2.75, 3.05) is 13.1 Å². The van der Waals surface area contributed by atoms with Gasteiger partial charge in [0.15, 0.2) is 0 Å². The molecule has 0 bridgehead atoms. The van der Waals surface area contributed by atoms with Crippen molar-refractivity contribution >= 4 is 29.6 Å². The number of aliphatic hydroxyl groups is 1. The standard InChI is InChI=1S/C11H25NO.Na.H/c1-4-7-9-12(10-8-5-2)11(13)6-3;;/h11,13H,4-10H2,1-3H3;;. The Morgan fingerprint density at radius 1 is 1.00 bits per heavy atom. The molecule has 0 fully saturated rings. The Bertz CT molecular complexity index is 103. The van der Waals surface area contributed by atoms with Crippen LogP contribution in [0.25, 0.3) is 0 Å². The molecule has 2 nitrogen and oxygen atoms in total. The first-order valence-electron chi connectivity index (χ1n) is 5.68.